The van der Waals surface area contributed by atoms with E-state index in [1.54, 1.807) is 24.3 Å². The van der Waals surface area contributed by atoms with Crippen LogP contribution in [0.2, 0.25) is 0 Å². The van der Waals surface area contributed by atoms with Crippen LogP contribution in [-0.4, -0.2) is 12.2 Å². The summed E-state index contributed by atoms with van der Waals surface area (Å²) in [7, 11) is 0.511. The van der Waals surface area contributed by atoms with Crippen molar-refractivity contribution in [2.45, 2.75) is 17.5 Å². The Bertz CT molecular complexity index is 334. The number of hydrogen-bond acceptors (Lipinski definition) is 0. The van der Waals surface area contributed by atoms with Crippen molar-refractivity contribution in [3.8, 4) is 0 Å². The second-order valence-electron chi connectivity index (χ2n) is 3.27. The summed E-state index contributed by atoms with van der Waals surface area (Å²) in [6, 6.07) is 8.91. The Hall–Kier alpha value is -0.750. The normalized spacial score (nSPS) is 30.3. The summed E-state index contributed by atoms with van der Waals surface area (Å²) in [5.41, 5.74) is 0.705. The van der Waals surface area contributed by atoms with Crippen molar-refractivity contribution < 1.29 is 8.78 Å². The number of alkyl halides is 2. The Morgan fingerprint density at radius 2 is 1.77 bits per heavy atom. The number of halogens is 2. The van der Waals surface area contributed by atoms with Gasteiger partial charge in [-0.1, -0.05) is 44.8 Å². The van der Waals surface area contributed by atoms with E-state index in [4.69, 9.17) is 0 Å². The van der Waals surface area contributed by atoms with Crippen molar-refractivity contribution in [1.29, 1.82) is 0 Å². The van der Waals surface area contributed by atoms with Crippen molar-refractivity contribution in [3.63, 3.8) is 0 Å². The van der Waals surface area contributed by atoms with E-state index in [0.717, 1.165) is 0 Å². The summed E-state index contributed by atoms with van der Waals surface area (Å²) >= 11 is 0. The van der Waals surface area contributed by atoms with Gasteiger partial charge >= 0.3 is 0 Å². The van der Waals surface area contributed by atoms with Crippen molar-refractivity contribution in [1.82, 2.24) is 0 Å². The molecule has 1 fully saturated rings. The zero-order chi connectivity index (χ0) is 9.53. The van der Waals surface area contributed by atoms with E-state index >= 15 is 0 Å². The van der Waals surface area contributed by atoms with Crippen LogP contribution in [0.25, 0.3) is 0 Å². The third-order valence-corrected chi connectivity index (χ3v) is 3.76. The Balaban J connectivity index is 2.42. The summed E-state index contributed by atoms with van der Waals surface area (Å²) < 4.78 is 26.2. The third-order valence-electron chi connectivity index (χ3n) is 2.48. The van der Waals surface area contributed by atoms with E-state index in [2.05, 4.69) is 6.30 Å². The summed E-state index contributed by atoms with van der Waals surface area (Å²) in [5, 5.41) is -0.992. The minimum absolute atomic E-state index is 0.0604. The van der Waals surface area contributed by atoms with Gasteiger partial charge in [-0.2, -0.15) is 0 Å². The molecule has 3 heteroatoms. The Kier molecular flexibility index (Phi) is 1.78. The van der Waals surface area contributed by atoms with Crippen molar-refractivity contribution in [2.24, 2.45) is 0 Å². The molecule has 0 radical (unpaired) electrons. The number of benzene rings is 1. The van der Waals surface area contributed by atoms with Crippen molar-refractivity contribution >= 4 is 14.5 Å². The zero-order valence-corrected chi connectivity index (χ0v) is 7.90. The Morgan fingerprint density at radius 3 is 2.15 bits per heavy atom. The summed E-state index contributed by atoms with van der Waals surface area (Å²) in [6.45, 7) is 0. The average Bonchev–Trinajstić information content (AvgIpc) is 2.72. The summed E-state index contributed by atoms with van der Waals surface area (Å²) in [4.78, 5) is 0. The highest BCUT2D eigenvalue weighted by atomic mass is 31.1. The Labute approximate surface area is 77.4 Å². The van der Waals surface area contributed by atoms with Crippen LogP contribution in [0.1, 0.15) is 12.0 Å². The van der Waals surface area contributed by atoms with E-state index in [-0.39, 0.29) is 6.42 Å². The first-order chi connectivity index (χ1) is 6.12. The molecule has 1 aliphatic rings. The first kappa shape index (κ1) is 8.83. The lowest BCUT2D eigenvalue weighted by Crippen LogP contribution is -2.08. The second kappa shape index (κ2) is 2.62. The lowest BCUT2D eigenvalue weighted by atomic mass is 10.1. The van der Waals surface area contributed by atoms with Gasteiger partial charge in [0.2, 0.25) is 0 Å². The molecule has 0 spiro atoms. The molecule has 0 amide bonds. The van der Waals surface area contributed by atoms with Gasteiger partial charge in [0.05, 0.1) is 0 Å². The second-order valence-corrected chi connectivity index (χ2v) is 4.35. The molecule has 1 saturated carbocycles. The number of rotatable bonds is 2. The van der Waals surface area contributed by atoms with Gasteiger partial charge in [0.1, 0.15) is 5.16 Å². The molecule has 1 unspecified atom stereocenters. The number of hydrogen-bond donors (Lipinski definition) is 0. The quantitative estimate of drug-likeness (QED) is 0.639. The minimum atomic E-state index is -2.56. The smallest absolute Gasteiger partial charge is 0.205 e. The monoisotopic (exact) mass is 198 g/mol. The summed E-state index contributed by atoms with van der Waals surface area (Å²) in [5.74, 6) is -2.56. The maximum Gasteiger partial charge on any atom is 0.267 e. The van der Waals surface area contributed by atoms with E-state index < -0.39 is 11.1 Å². The molecule has 0 bridgehead atoms. The molecule has 1 aromatic carbocycles. The fraction of sp³-hybridized carbons (Fsp3) is 0.300. The molecule has 0 heterocycles. The molecule has 13 heavy (non-hydrogen) atoms. The lowest BCUT2D eigenvalue weighted by Gasteiger charge is -2.09. The van der Waals surface area contributed by atoms with Gasteiger partial charge in [0.25, 0.3) is 5.92 Å². The van der Waals surface area contributed by atoms with Crippen LogP contribution >= 0.6 is 8.20 Å². The highest BCUT2D eigenvalue weighted by Crippen LogP contribution is 2.67. The van der Waals surface area contributed by atoms with Crippen molar-refractivity contribution in [3.05, 3.63) is 35.9 Å². The van der Waals surface area contributed by atoms with E-state index in [1.807, 2.05) is 6.07 Å². The fourth-order valence-electron chi connectivity index (χ4n) is 1.57. The highest BCUT2D eigenvalue weighted by Gasteiger charge is 2.70. The molecule has 1 aliphatic carbocycles. The molecule has 0 aromatic heterocycles. The minimum Gasteiger partial charge on any atom is -0.205 e. The maximum atomic E-state index is 13.1. The fourth-order valence-corrected chi connectivity index (χ4v) is 2.44. The van der Waals surface area contributed by atoms with Gasteiger partial charge in [-0.25, -0.2) is 8.78 Å². The molecule has 0 aliphatic heterocycles. The average molecular weight is 198 g/mol. The van der Waals surface area contributed by atoms with Gasteiger partial charge in [-0.15, -0.1) is 0 Å². The van der Waals surface area contributed by atoms with E-state index in [1.165, 1.54) is 0 Å². The predicted molar refractivity (Wildman–Crippen MR) is 51.7 cm³/mol. The molecule has 0 saturated heterocycles. The largest absolute Gasteiger partial charge is 0.267 e. The first-order valence-electron chi connectivity index (χ1n) is 4.04. The van der Waals surface area contributed by atoms with Crippen LogP contribution in [0.15, 0.2) is 30.3 Å². The van der Waals surface area contributed by atoms with Gasteiger partial charge in [-0.3, -0.25) is 0 Å². The van der Waals surface area contributed by atoms with E-state index in [9.17, 15) is 8.78 Å². The van der Waals surface area contributed by atoms with Crippen LogP contribution in [0, 0.1) is 0 Å². The van der Waals surface area contributed by atoms with Gasteiger partial charge in [0, 0.05) is 6.42 Å². The standard InChI is InChI=1S/C10H9F2P/c1-13-9(7-10(9,11)12)8-5-3-2-4-6-8/h2-6H,1,7H2. The first-order valence-corrected chi connectivity index (χ1v) is 5.12. The third kappa shape index (κ3) is 1.13. The molecular formula is C10H9F2P. The van der Waals surface area contributed by atoms with E-state index in [0.29, 0.717) is 13.8 Å². The molecule has 68 valence electrons. The molecule has 2 rings (SSSR count). The lowest BCUT2D eigenvalue weighted by molar-refractivity contribution is 0.106. The molecule has 1 atom stereocenters. The maximum absolute atomic E-state index is 13.1. The Morgan fingerprint density at radius 1 is 1.23 bits per heavy atom. The highest BCUT2D eigenvalue weighted by molar-refractivity contribution is 7.38. The zero-order valence-electron chi connectivity index (χ0n) is 7.00. The van der Waals surface area contributed by atoms with Gasteiger partial charge in [-0.05, 0) is 5.56 Å². The molecular weight excluding hydrogens is 189 g/mol. The van der Waals surface area contributed by atoms with Crippen molar-refractivity contribution in [2.75, 3.05) is 0 Å². The predicted octanol–water partition coefficient (Wildman–Crippen LogP) is 3.30. The van der Waals surface area contributed by atoms with Gasteiger partial charge < -0.3 is 0 Å². The van der Waals surface area contributed by atoms with Crippen LogP contribution in [0.3, 0.4) is 0 Å². The van der Waals surface area contributed by atoms with Crippen LogP contribution in [0.5, 0.6) is 0 Å². The van der Waals surface area contributed by atoms with Crippen LogP contribution in [-0.2, 0) is 5.16 Å². The van der Waals surface area contributed by atoms with Gasteiger partial charge in [0.15, 0.2) is 0 Å². The van der Waals surface area contributed by atoms with Crippen LogP contribution in [0.4, 0.5) is 8.78 Å². The topological polar surface area (TPSA) is 0 Å². The molecule has 0 N–H and O–H groups in total. The summed E-state index contributed by atoms with van der Waals surface area (Å²) in [6.07, 6.45) is 3.52. The SMILES string of the molecule is C=PC1(c2ccccc2)CC1(F)F. The molecule has 0 nitrogen and oxygen atoms in total. The molecule has 1 aromatic rings. The van der Waals surface area contributed by atoms with Crippen LogP contribution < -0.4 is 0 Å².